The number of aromatic amines is 2. The van der Waals surface area contributed by atoms with E-state index in [-0.39, 0.29) is 12.2 Å². The van der Waals surface area contributed by atoms with Gasteiger partial charge >= 0.3 is 5.69 Å². The van der Waals surface area contributed by atoms with Crippen molar-refractivity contribution in [2.24, 2.45) is 0 Å². The predicted octanol–water partition coefficient (Wildman–Crippen LogP) is 0.239. The lowest BCUT2D eigenvalue weighted by Gasteiger charge is -2.17. The van der Waals surface area contributed by atoms with Crippen LogP contribution in [0.1, 0.15) is 18.7 Å². The standard InChI is InChI=1S/C11H14FN7O/c12-7-5-13-10(14-6-8-15-11(20)18-17-8)16-9(7)19-3-1-2-4-19/h5H,1-4,6H2,(H,13,14,16)(H2,15,17,18,20). The van der Waals surface area contributed by atoms with E-state index in [1.165, 1.54) is 0 Å². The zero-order valence-corrected chi connectivity index (χ0v) is 10.7. The Labute approximate surface area is 113 Å². The molecular formula is C11H14FN7O. The fourth-order valence-electron chi connectivity index (χ4n) is 2.15. The molecule has 8 nitrogen and oxygen atoms in total. The largest absolute Gasteiger partial charge is 0.354 e. The Balaban J connectivity index is 1.73. The molecule has 106 valence electrons. The summed E-state index contributed by atoms with van der Waals surface area (Å²) < 4.78 is 13.7. The smallest absolute Gasteiger partial charge is 0.340 e. The molecule has 0 atom stereocenters. The molecule has 1 aliphatic rings. The number of hydrogen-bond acceptors (Lipinski definition) is 6. The minimum Gasteiger partial charge on any atom is -0.354 e. The summed E-state index contributed by atoms with van der Waals surface area (Å²) >= 11 is 0. The molecule has 1 fully saturated rings. The molecule has 0 amide bonds. The van der Waals surface area contributed by atoms with Crippen molar-refractivity contribution in [2.45, 2.75) is 19.4 Å². The van der Waals surface area contributed by atoms with Gasteiger partial charge in [-0.15, -0.1) is 0 Å². The molecule has 0 spiro atoms. The van der Waals surface area contributed by atoms with E-state index in [1.807, 2.05) is 4.90 Å². The second-order valence-electron chi connectivity index (χ2n) is 4.54. The van der Waals surface area contributed by atoms with Crippen LogP contribution in [-0.4, -0.2) is 38.2 Å². The van der Waals surface area contributed by atoms with Crippen LogP contribution in [0.5, 0.6) is 0 Å². The summed E-state index contributed by atoms with van der Waals surface area (Å²) in [5.74, 6) is 0.629. The van der Waals surface area contributed by atoms with Crippen molar-refractivity contribution in [3.8, 4) is 0 Å². The minimum atomic E-state index is -0.425. The van der Waals surface area contributed by atoms with E-state index < -0.39 is 5.82 Å². The van der Waals surface area contributed by atoms with Gasteiger partial charge in [-0.3, -0.25) is 4.98 Å². The van der Waals surface area contributed by atoms with E-state index in [1.54, 1.807) is 0 Å². The molecule has 9 heteroatoms. The quantitative estimate of drug-likeness (QED) is 0.741. The molecule has 0 saturated carbocycles. The van der Waals surface area contributed by atoms with E-state index in [2.05, 4.69) is 30.5 Å². The highest BCUT2D eigenvalue weighted by atomic mass is 19.1. The molecule has 3 heterocycles. The van der Waals surface area contributed by atoms with Crippen LogP contribution >= 0.6 is 0 Å². The third-order valence-electron chi connectivity index (χ3n) is 3.10. The topological polar surface area (TPSA) is 103 Å². The van der Waals surface area contributed by atoms with Crippen LogP contribution in [0.15, 0.2) is 11.0 Å². The highest BCUT2D eigenvalue weighted by Gasteiger charge is 2.18. The Morgan fingerprint density at radius 2 is 2.20 bits per heavy atom. The first-order valence-corrected chi connectivity index (χ1v) is 6.37. The molecule has 0 radical (unpaired) electrons. The summed E-state index contributed by atoms with van der Waals surface area (Å²) in [6, 6.07) is 0. The summed E-state index contributed by atoms with van der Waals surface area (Å²) in [4.78, 5) is 23.3. The lowest BCUT2D eigenvalue weighted by atomic mass is 10.4. The first kappa shape index (κ1) is 12.6. The summed E-state index contributed by atoms with van der Waals surface area (Å²) in [7, 11) is 0. The van der Waals surface area contributed by atoms with Crippen molar-refractivity contribution in [2.75, 3.05) is 23.3 Å². The van der Waals surface area contributed by atoms with E-state index in [4.69, 9.17) is 0 Å². The zero-order chi connectivity index (χ0) is 13.9. The maximum Gasteiger partial charge on any atom is 0.340 e. The van der Waals surface area contributed by atoms with Gasteiger partial charge in [0.2, 0.25) is 5.95 Å². The normalized spacial score (nSPS) is 14.8. The van der Waals surface area contributed by atoms with Crippen LogP contribution in [0.3, 0.4) is 0 Å². The first-order chi connectivity index (χ1) is 9.72. The third kappa shape index (κ3) is 2.60. The molecule has 1 aliphatic heterocycles. The molecule has 0 aromatic carbocycles. The number of rotatable bonds is 4. The SMILES string of the molecule is O=c1[nH]nc(CNc2ncc(F)c(N3CCCC3)n2)[nH]1. The van der Waals surface area contributed by atoms with Gasteiger partial charge in [-0.25, -0.2) is 19.3 Å². The van der Waals surface area contributed by atoms with Crippen molar-refractivity contribution in [3.05, 3.63) is 28.3 Å². The van der Waals surface area contributed by atoms with Gasteiger partial charge in [0, 0.05) is 13.1 Å². The average Bonchev–Trinajstić information content (AvgIpc) is 3.09. The van der Waals surface area contributed by atoms with Crippen LogP contribution in [0, 0.1) is 5.82 Å². The fourth-order valence-corrected chi connectivity index (χ4v) is 2.15. The number of halogens is 1. The lowest BCUT2D eigenvalue weighted by molar-refractivity contribution is 0.608. The Hall–Kier alpha value is -2.45. The lowest BCUT2D eigenvalue weighted by Crippen LogP contribution is -2.21. The van der Waals surface area contributed by atoms with Gasteiger partial charge in [0.05, 0.1) is 12.7 Å². The van der Waals surface area contributed by atoms with E-state index in [0.29, 0.717) is 17.6 Å². The van der Waals surface area contributed by atoms with Crippen molar-refractivity contribution in [3.63, 3.8) is 0 Å². The number of anilines is 2. The molecule has 3 rings (SSSR count). The molecule has 0 bridgehead atoms. The van der Waals surface area contributed by atoms with Crippen LogP contribution in [-0.2, 0) is 6.54 Å². The van der Waals surface area contributed by atoms with Gasteiger partial charge in [0.15, 0.2) is 11.6 Å². The van der Waals surface area contributed by atoms with E-state index in [9.17, 15) is 9.18 Å². The van der Waals surface area contributed by atoms with Crippen molar-refractivity contribution < 1.29 is 4.39 Å². The monoisotopic (exact) mass is 279 g/mol. The van der Waals surface area contributed by atoms with Crippen molar-refractivity contribution >= 4 is 11.8 Å². The van der Waals surface area contributed by atoms with Crippen LogP contribution in [0.2, 0.25) is 0 Å². The Bertz CT molecular complexity index is 646. The van der Waals surface area contributed by atoms with Crippen molar-refractivity contribution in [1.82, 2.24) is 25.1 Å². The molecule has 0 unspecified atom stereocenters. The minimum absolute atomic E-state index is 0.254. The molecule has 20 heavy (non-hydrogen) atoms. The number of H-pyrrole nitrogens is 2. The predicted molar refractivity (Wildman–Crippen MR) is 70.0 cm³/mol. The second kappa shape index (κ2) is 5.27. The first-order valence-electron chi connectivity index (χ1n) is 6.37. The van der Waals surface area contributed by atoms with Crippen molar-refractivity contribution in [1.29, 1.82) is 0 Å². The van der Waals surface area contributed by atoms with Crippen LogP contribution in [0.4, 0.5) is 16.2 Å². The third-order valence-corrected chi connectivity index (χ3v) is 3.10. The molecule has 3 N–H and O–H groups in total. The van der Waals surface area contributed by atoms with Gasteiger partial charge in [-0.1, -0.05) is 0 Å². The Morgan fingerprint density at radius 3 is 2.90 bits per heavy atom. The van der Waals surface area contributed by atoms with Gasteiger partial charge in [-0.05, 0) is 12.8 Å². The van der Waals surface area contributed by atoms with Gasteiger partial charge in [0.1, 0.15) is 5.82 Å². The van der Waals surface area contributed by atoms with Gasteiger partial charge in [0.25, 0.3) is 0 Å². The summed E-state index contributed by atoms with van der Waals surface area (Å²) in [6.07, 6.45) is 3.23. The highest BCUT2D eigenvalue weighted by molar-refractivity contribution is 5.44. The molecule has 2 aromatic rings. The number of nitrogens with one attached hydrogen (secondary N) is 3. The van der Waals surface area contributed by atoms with Crippen LogP contribution < -0.4 is 15.9 Å². The van der Waals surface area contributed by atoms with E-state index in [0.717, 1.165) is 32.1 Å². The highest BCUT2D eigenvalue weighted by Crippen LogP contribution is 2.21. The fraction of sp³-hybridized carbons (Fsp3) is 0.455. The molecule has 1 saturated heterocycles. The van der Waals surface area contributed by atoms with E-state index >= 15 is 0 Å². The zero-order valence-electron chi connectivity index (χ0n) is 10.7. The summed E-state index contributed by atoms with van der Waals surface area (Å²) in [6.45, 7) is 1.87. The Kier molecular flexibility index (Phi) is 3.32. The maximum absolute atomic E-state index is 13.7. The van der Waals surface area contributed by atoms with Gasteiger partial charge < -0.3 is 10.2 Å². The molecular weight excluding hydrogens is 265 g/mol. The Morgan fingerprint density at radius 1 is 1.40 bits per heavy atom. The van der Waals surface area contributed by atoms with Crippen LogP contribution in [0.25, 0.3) is 0 Å². The van der Waals surface area contributed by atoms with Gasteiger partial charge in [-0.2, -0.15) is 10.1 Å². The second-order valence-corrected chi connectivity index (χ2v) is 4.54. The average molecular weight is 279 g/mol. The summed E-state index contributed by atoms with van der Waals surface area (Å²) in [5.41, 5.74) is -0.375. The number of aromatic nitrogens is 5. The molecule has 0 aliphatic carbocycles. The summed E-state index contributed by atoms with van der Waals surface area (Å²) in [5, 5.41) is 8.91. The number of nitrogens with zero attached hydrogens (tertiary/aromatic N) is 4. The molecule has 2 aromatic heterocycles. The maximum atomic E-state index is 13.7. The number of hydrogen-bond donors (Lipinski definition) is 3.